The Morgan fingerprint density at radius 2 is 2.18 bits per heavy atom. The number of carbonyl (C=O) groups is 1. The van der Waals surface area contributed by atoms with Crippen LogP contribution in [-0.2, 0) is 7.05 Å². The zero-order chi connectivity index (χ0) is 12.6. The molecule has 5 heteroatoms. The van der Waals surface area contributed by atoms with Gasteiger partial charge in [-0.3, -0.25) is 4.68 Å². The van der Waals surface area contributed by atoms with Gasteiger partial charge in [0.1, 0.15) is 5.69 Å². The van der Waals surface area contributed by atoms with Crippen LogP contribution in [-0.4, -0.2) is 25.4 Å². The molecular formula is C12H15N3O2. The van der Waals surface area contributed by atoms with Gasteiger partial charge in [-0.15, -0.1) is 0 Å². The second kappa shape index (κ2) is 4.08. The lowest BCUT2D eigenvalue weighted by Gasteiger charge is -2.07. The van der Waals surface area contributed by atoms with Gasteiger partial charge in [0, 0.05) is 31.0 Å². The van der Waals surface area contributed by atoms with Crippen molar-refractivity contribution >= 4 is 5.97 Å². The monoisotopic (exact) mass is 233 g/mol. The zero-order valence-electron chi connectivity index (χ0n) is 10.1. The van der Waals surface area contributed by atoms with Crippen LogP contribution in [0.1, 0.15) is 30.4 Å². The maximum absolute atomic E-state index is 11.1. The Balaban J connectivity index is 2.50. The Kier molecular flexibility index (Phi) is 2.75. The largest absolute Gasteiger partial charge is 0.477 e. The molecule has 0 aliphatic heterocycles. The Labute approximate surface area is 99.3 Å². The van der Waals surface area contributed by atoms with Gasteiger partial charge in [-0.05, 0) is 26.0 Å². The van der Waals surface area contributed by atoms with E-state index in [1.807, 2.05) is 43.9 Å². The van der Waals surface area contributed by atoms with Crippen LogP contribution in [0.15, 0.2) is 24.5 Å². The first-order valence-corrected chi connectivity index (χ1v) is 5.44. The summed E-state index contributed by atoms with van der Waals surface area (Å²) < 4.78 is 3.44. The Bertz CT molecular complexity index is 552. The molecule has 0 saturated heterocycles. The summed E-state index contributed by atoms with van der Waals surface area (Å²) in [6, 6.07) is 3.55. The van der Waals surface area contributed by atoms with Gasteiger partial charge in [-0.2, -0.15) is 5.10 Å². The maximum Gasteiger partial charge on any atom is 0.354 e. The molecule has 0 saturated carbocycles. The highest BCUT2D eigenvalue weighted by molar-refractivity contribution is 5.87. The maximum atomic E-state index is 11.1. The van der Waals surface area contributed by atoms with Crippen molar-refractivity contribution in [1.82, 2.24) is 14.3 Å². The van der Waals surface area contributed by atoms with E-state index in [1.54, 1.807) is 6.07 Å². The molecule has 0 fully saturated rings. The van der Waals surface area contributed by atoms with E-state index in [4.69, 9.17) is 5.11 Å². The fourth-order valence-corrected chi connectivity index (χ4v) is 1.74. The molecule has 0 atom stereocenters. The van der Waals surface area contributed by atoms with Crippen LogP contribution >= 0.6 is 0 Å². The molecule has 0 amide bonds. The number of aromatic carboxylic acids is 1. The lowest BCUT2D eigenvalue weighted by Crippen LogP contribution is -2.11. The van der Waals surface area contributed by atoms with Crippen LogP contribution in [0.5, 0.6) is 0 Å². The van der Waals surface area contributed by atoms with Gasteiger partial charge in [0.2, 0.25) is 0 Å². The molecule has 0 aromatic carbocycles. The molecule has 0 bridgehead atoms. The predicted molar refractivity (Wildman–Crippen MR) is 64.0 cm³/mol. The summed E-state index contributed by atoms with van der Waals surface area (Å²) in [5.41, 5.74) is 1.84. The second-order valence-corrected chi connectivity index (χ2v) is 4.32. The highest BCUT2D eigenvalue weighted by Crippen LogP contribution is 2.21. The first-order chi connectivity index (χ1) is 7.99. The average molecular weight is 233 g/mol. The second-order valence-electron chi connectivity index (χ2n) is 4.32. The molecule has 90 valence electrons. The lowest BCUT2D eigenvalue weighted by molar-refractivity contribution is 0.0681. The van der Waals surface area contributed by atoms with Crippen molar-refractivity contribution in [2.75, 3.05) is 0 Å². The van der Waals surface area contributed by atoms with E-state index in [1.165, 1.54) is 4.68 Å². The third-order valence-electron chi connectivity index (χ3n) is 2.57. The normalized spacial score (nSPS) is 11.1. The van der Waals surface area contributed by atoms with Crippen molar-refractivity contribution in [1.29, 1.82) is 0 Å². The third kappa shape index (κ3) is 2.08. The molecule has 1 N–H and O–H groups in total. The van der Waals surface area contributed by atoms with Gasteiger partial charge in [0.15, 0.2) is 0 Å². The fraction of sp³-hybridized carbons (Fsp3) is 0.333. The SMILES string of the molecule is CC(C)n1nc(-c2ccn(C)c2)cc1C(=O)O. The van der Waals surface area contributed by atoms with Crippen LogP contribution in [0.25, 0.3) is 11.3 Å². The lowest BCUT2D eigenvalue weighted by atomic mass is 10.2. The van der Waals surface area contributed by atoms with Crippen LogP contribution < -0.4 is 0 Å². The average Bonchev–Trinajstić information content (AvgIpc) is 2.82. The highest BCUT2D eigenvalue weighted by atomic mass is 16.4. The quantitative estimate of drug-likeness (QED) is 0.883. The Hall–Kier alpha value is -2.04. The molecule has 2 rings (SSSR count). The summed E-state index contributed by atoms with van der Waals surface area (Å²) in [6.07, 6.45) is 3.82. The van der Waals surface area contributed by atoms with Crippen LogP contribution in [0.3, 0.4) is 0 Å². The molecule has 5 nitrogen and oxygen atoms in total. The summed E-state index contributed by atoms with van der Waals surface area (Å²) in [7, 11) is 1.92. The van der Waals surface area contributed by atoms with Gasteiger partial charge >= 0.3 is 5.97 Å². The van der Waals surface area contributed by atoms with Crippen molar-refractivity contribution < 1.29 is 9.90 Å². The molecular weight excluding hydrogens is 218 g/mol. The number of rotatable bonds is 3. The minimum atomic E-state index is -0.951. The van der Waals surface area contributed by atoms with Crippen LogP contribution in [0, 0.1) is 0 Å². The van der Waals surface area contributed by atoms with E-state index >= 15 is 0 Å². The fourth-order valence-electron chi connectivity index (χ4n) is 1.74. The number of carboxylic acids is 1. The van der Waals surface area contributed by atoms with Crippen molar-refractivity contribution in [3.8, 4) is 11.3 Å². The van der Waals surface area contributed by atoms with Gasteiger partial charge in [0.05, 0.1) is 5.69 Å². The number of nitrogens with zero attached hydrogens (tertiary/aromatic N) is 3. The van der Waals surface area contributed by atoms with Crippen molar-refractivity contribution in [3.05, 3.63) is 30.2 Å². The van der Waals surface area contributed by atoms with Crippen molar-refractivity contribution in [2.45, 2.75) is 19.9 Å². The van der Waals surface area contributed by atoms with E-state index in [9.17, 15) is 4.79 Å². The highest BCUT2D eigenvalue weighted by Gasteiger charge is 2.17. The van der Waals surface area contributed by atoms with E-state index in [2.05, 4.69) is 5.10 Å². The van der Waals surface area contributed by atoms with E-state index < -0.39 is 5.97 Å². The molecule has 2 aromatic heterocycles. The summed E-state index contributed by atoms with van der Waals surface area (Å²) in [6.45, 7) is 3.82. The first-order valence-electron chi connectivity index (χ1n) is 5.44. The van der Waals surface area contributed by atoms with Crippen molar-refractivity contribution in [3.63, 3.8) is 0 Å². The molecule has 0 radical (unpaired) electrons. The summed E-state index contributed by atoms with van der Waals surface area (Å²) >= 11 is 0. The van der Waals surface area contributed by atoms with Crippen LogP contribution in [0.4, 0.5) is 0 Å². The van der Waals surface area contributed by atoms with Gasteiger partial charge in [0.25, 0.3) is 0 Å². The molecule has 0 spiro atoms. The minimum absolute atomic E-state index is 0.0264. The Morgan fingerprint density at radius 3 is 2.59 bits per heavy atom. The first kappa shape index (κ1) is 11.4. The summed E-state index contributed by atoms with van der Waals surface area (Å²) in [5.74, 6) is -0.951. The molecule has 0 unspecified atom stereocenters. The number of aromatic nitrogens is 3. The number of carboxylic acid groups (broad SMARTS) is 1. The number of hydrogen-bond donors (Lipinski definition) is 1. The molecule has 2 aromatic rings. The Morgan fingerprint density at radius 1 is 1.47 bits per heavy atom. The predicted octanol–water partition coefficient (Wildman–Crippen LogP) is 2.17. The van der Waals surface area contributed by atoms with E-state index in [0.717, 1.165) is 5.56 Å². The minimum Gasteiger partial charge on any atom is -0.477 e. The van der Waals surface area contributed by atoms with E-state index in [0.29, 0.717) is 5.69 Å². The summed E-state index contributed by atoms with van der Waals surface area (Å²) in [4.78, 5) is 11.1. The van der Waals surface area contributed by atoms with Crippen LogP contribution in [0.2, 0.25) is 0 Å². The van der Waals surface area contributed by atoms with Gasteiger partial charge < -0.3 is 9.67 Å². The van der Waals surface area contributed by atoms with Gasteiger partial charge in [-0.25, -0.2) is 4.79 Å². The standard InChI is InChI=1S/C12H15N3O2/c1-8(2)15-11(12(16)17)6-10(13-15)9-4-5-14(3)7-9/h4-8H,1-3H3,(H,16,17). The smallest absolute Gasteiger partial charge is 0.354 e. The van der Waals surface area contributed by atoms with Gasteiger partial charge in [-0.1, -0.05) is 0 Å². The molecule has 0 aliphatic carbocycles. The topological polar surface area (TPSA) is 60.0 Å². The van der Waals surface area contributed by atoms with Crippen molar-refractivity contribution in [2.24, 2.45) is 7.05 Å². The molecule has 17 heavy (non-hydrogen) atoms. The third-order valence-corrected chi connectivity index (χ3v) is 2.57. The molecule has 2 heterocycles. The van der Waals surface area contributed by atoms with E-state index in [-0.39, 0.29) is 11.7 Å². The summed E-state index contributed by atoms with van der Waals surface area (Å²) in [5, 5.41) is 13.5. The molecule has 0 aliphatic rings. The number of hydrogen-bond acceptors (Lipinski definition) is 2. The number of aryl methyl sites for hydroxylation is 1. The zero-order valence-corrected chi connectivity index (χ0v) is 10.1.